The molecule has 1 N–H and O–H groups in total. The van der Waals surface area contributed by atoms with Crippen molar-refractivity contribution in [3.8, 4) is 17.2 Å². The molecule has 12 heteroatoms. The van der Waals surface area contributed by atoms with E-state index in [2.05, 4.69) is 10.1 Å². The summed E-state index contributed by atoms with van der Waals surface area (Å²) in [5, 5.41) is 2.59. The van der Waals surface area contributed by atoms with Crippen molar-refractivity contribution in [1.29, 1.82) is 0 Å². The normalized spacial score (nSPS) is 14.8. The molecule has 2 aromatic rings. The summed E-state index contributed by atoms with van der Waals surface area (Å²) in [6, 6.07) is 7.92. The van der Waals surface area contributed by atoms with Gasteiger partial charge >= 0.3 is 6.61 Å². The number of nitrogens with one attached hydrogen (secondary N) is 1. The lowest BCUT2D eigenvalue weighted by Crippen LogP contribution is -2.40. The number of hydrogen-bond acceptors (Lipinski definition) is 7. The van der Waals surface area contributed by atoms with Crippen molar-refractivity contribution in [2.75, 3.05) is 45.8 Å². The highest BCUT2D eigenvalue weighted by Crippen LogP contribution is 2.32. The minimum atomic E-state index is -3.89. The van der Waals surface area contributed by atoms with Crippen LogP contribution in [-0.4, -0.2) is 65.8 Å². The minimum absolute atomic E-state index is 0.0525. The number of carbonyl (C=O) groups is 1. The van der Waals surface area contributed by atoms with Crippen molar-refractivity contribution < 1.29 is 40.9 Å². The summed E-state index contributed by atoms with van der Waals surface area (Å²) in [4.78, 5) is 12.6. The molecule has 0 saturated carbocycles. The lowest BCUT2D eigenvalue weighted by atomic mass is 10.2. The van der Waals surface area contributed by atoms with Gasteiger partial charge < -0.3 is 24.3 Å². The highest BCUT2D eigenvalue weighted by molar-refractivity contribution is 7.89. The summed E-state index contributed by atoms with van der Waals surface area (Å²) in [7, 11) is -1.29. The Hall–Kier alpha value is -2.96. The number of amides is 1. The maximum Gasteiger partial charge on any atom is 0.387 e. The number of methoxy groups -OCH3 is 2. The first-order chi connectivity index (χ1) is 15.3. The van der Waals surface area contributed by atoms with Gasteiger partial charge in [-0.3, -0.25) is 4.79 Å². The van der Waals surface area contributed by atoms with E-state index < -0.39 is 22.5 Å². The molecule has 0 bridgehead atoms. The van der Waals surface area contributed by atoms with Gasteiger partial charge in [-0.05, 0) is 36.4 Å². The van der Waals surface area contributed by atoms with Crippen molar-refractivity contribution in [2.24, 2.45) is 0 Å². The van der Waals surface area contributed by atoms with Crippen LogP contribution in [0.1, 0.15) is 10.4 Å². The van der Waals surface area contributed by atoms with Crippen molar-refractivity contribution >= 4 is 21.6 Å². The maximum atomic E-state index is 13.1. The van der Waals surface area contributed by atoms with Gasteiger partial charge in [0.05, 0.1) is 27.4 Å². The van der Waals surface area contributed by atoms with Gasteiger partial charge in [-0.1, -0.05) is 0 Å². The molecule has 1 heterocycles. The Morgan fingerprint density at radius 3 is 2.31 bits per heavy atom. The van der Waals surface area contributed by atoms with E-state index in [-0.39, 0.29) is 59.7 Å². The molecular weight excluding hydrogens is 450 g/mol. The highest BCUT2D eigenvalue weighted by Gasteiger charge is 2.29. The summed E-state index contributed by atoms with van der Waals surface area (Å²) in [6.45, 7) is -2.07. The quantitative estimate of drug-likeness (QED) is 0.630. The number of alkyl halides is 2. The molecule has 3 rings (SSSR count). The number of nitrogens with zero attached hydrogens (tertiary/aromatic N) is 1. The molecule has 9 nitrogen and oxygen atoms in total. The van der Waals surface area contributed by atoms with E-state index in [0.717, 1.165) is 0 Å². The molecule has 0 radical (unpaired) electrons. The summed E-state index contributed by atoms with van der Waals surface area (Å²) in [5.74, 6) is -0.748. The molecule has 174 valence electrons. The van der Waals surface area contributed by atoms with Crippen LogP contribution in [0.25, 0.3) is 0 Å². The number of benzene rings is 2. The third-order valence-electron chi connectivity index (χ3n) is 4.65. The molecule has 2 aromatic carbocycles. The molecule has 0 aliphatic carbocycles. The summed E-state index contributed by atoms with van der Waals surface area (Å²) in [5.41, 5.74) is 0.298. The molecular formula is C20H22F2N2O7S. The van der Waals surface area contributed by atoms with Gasteiger partial charge in [-0.25, -0.2) is 8.42 Å². The van der Waals surface area contributed by atoms with Gasteiger partial charge in [-0.2, -0.15) is 13.1 Å². The van der Waals surface area contributed by atoms with E-state index in [1.807, 2.05) is 0 Å². The van der Waals surface area contributed by atoms with Gasteiger partial charge in [0.2, 0.25) is 10.0 Å². The molecule has 32 heavy (non-hydrogen) atoms. The molecule has 1 saturated heterocycles. The fraction of sp³-hybridized carbons (Fsp3) is 0.350. The zero-order valence-corrected chi connectivity index (χ0v) is 18.2. The molecule has 1 aliphatic heterocycles. The number of hydrogen-bond donors (Lipinski definition) is 1. The van der Waals surface area contributed by atoms with Crippen molar-refractivity contribution in [3.05, 3.63) is 42.0 Å². The smallest absolute Gasteiger partial charge is 0.387 e. The van der Waals surface area contributed by atoms with Crippen LogP contribution in [-0.2, 0) is 14.8 Å². The van der Waals surface area contributed by atoms with Gasteiger partial charge in [0.25, 0.3) is 5.91 Å². The molecule has 0 atom stereocenters. The zero-order chi connectivity index (χ0) is 23.3. The lowest BCUT2D eigenvalue weighted by Gasteiger charge is -2.26. The molecule has 1 aliphatic rings. The van der Waals surface area contributed by atoms with Gasteiger partial charge in [-0.15, -0.1) is 0 Å². The van der Waals surface area contributed by atoms with Crippen LogP contribution in [0.3, 0.4) is 0 Å². The third kappa shape index (κ3) is 5.26. The van der Waals surface area contributed by atoms with Crippen LogP contribution in [0, 0.1) is 0 Å². The highest BCUT2D eigenvalue weighted by atomic mass is 32.2. The van der Waals surface area contributed by atoms with Crippen molar-refractivity contribution in [2.45, 2.75) is 11.5 Å². The van der Waals surface area contributed by atoms with E-state index in [1.54, 1.807) is 0 Å². The molecule has 1 amide bonds. The van der Waals surface area contributed by atoms with Crippen molar-refractivity contribution in [1.82, 2.24) is 4.31 Å². The van der Waals surface area contributed by atoms with E-state index in [0.29, 0.717) is 0 Å². The predicted molar refractivity (Wildman–Crippen MR) is 110 cm³/mol. The first-order valence-corrected chi connectivity index (χ1v) is 10.9. The fourth-order valence-corrected chi connectivity index (χ4v) is 4.68. The molecule has 1 fully saturated rings. The van der Waals surface area contributed by atoms with Gasteiger partial charge in [0, 0.05) is 24.3 Å². The van der Waals surface area contributed by atoms with E-state index in [1.165, 1.54) is 54.9 Å². The van der Waals surface area contributed by atoms with Crippen LogP contribution < -0.4 is 19.5 Å². The first-order valence-electron chi connectivity index (χ1n) is 9.46. The number of anilines is 1. The average molecular weight is 472 g/mol. The Morgan fingerprint density at radius 2 is 1.69 bits per heavy atom. The largest absolute Gasteiger partial charge is 0.495 e. The number of morpholine rings is 1. The first kappa shape index (κ1) is 23.7. The Balaban J connectivity index is 1.86. The van der Waals surface area contributed by atoms with E-state index >= 15 is 0 Å². The maximum absolute atomic E-state index is 13.1. The van der Waals surface area contributed by atoms with Crippen LogP contribution in [0.4, 0.5) is 14.5 Å². The summed E-state index contributed by atoms with van der Waals surface area (Å²) < 4.78 is 72.1. The lowest BCUT2D eigenvalue weighted by molar-refractivity contribution is -0.0512. The Kier molecular flexibility index (Phi) is 7.48. The molecule has 0 unspecified atom stereocenters. The Morgan fingerprint density at radius 1 is 1.03 bits per heavy atom. The monoisotopic (exact) mass is 472 g/mol. The number of sulfonamides is 1. The van der Waals surface area contributed by atoms with Crippen LogP contribution in [0.2, 0.25) is 0 Å². The second kappa shape index (κ2) is 10.1. The van der Waals surface area contributed by atoms with Gasteiger partial charge in [0.1, 0.15) is 10.6 Å². The topological polar surface area (TPSA) is 103 Å². The van der Waals surface area contributed by atoms with E-state index in [9.17, 15) is 22.0 Å². The predicted octanol–water partition coefficient (Wildman–Crippen LogP) is 2.58. The number of ether oxygens (including phenoxy) is 4. The standard InChI is InChI=1S/C20H22F2N2O7S/c1-28-16-6-4-14(12-18(16)32(26,27)24-7-9-30-10-8-24)23-19(25)13-3-5-15(31-20(21)22)17(11-13)29-2/h3-6,11-12,20H,7-10H2,1-2H3,(H,23,25). The van der Waals surface area contributed by atoms with E-state index in [4.69, 9.17) is 14.2 Å². The SMILES string of the molecule is COc1cc(C(=O)Nc2ccc(OC)c(S(=O)(=O)N3CCOCC3)c2)ccc1OC(F)F. The number of rotatable bonds is 8. The molecule has 0 aromatic heterocycles. The second-order valence-corrected chi connectivity index (χ2v) is 8.49. The minimum Gasteiger partial charge on any atom is -0.495 e. The van der Waals surface area contributed by atoms with Crippen molar-refractivity contribution in [3.63, 3.8) is 0 Å². The molecule has 0 spiro atoms. The Labute approximate surface area is 183 Å². The number of carbonyl (C=O) groups excluding carboxylic acids is 1. The van der Waals surface area contributed by atoms with Crippen LogP contribution in [0.5, 0.6) is 17.2 Å². The van der Waals surface area contributed by atoms with Gasteiger partial charge in [0.15, 0.2) is 11.5 Å². The Bertz CT molecular complexity index is 1070. The average Bonchev–Trinajstić information content (AvgIpc) is 2.79. The third-order valence-corrected chi connectivity index (χ3v) is 6.57. The van der Waals surface area contributed by atoms with Crippen LogP contribution in [0.15, 0.2) is 41.3 Å². The van der Waals surface area contributed by atoms with Crippen LogP contribution >= 0.6 is 0 Å². The summed E-state index contributed by atoms with van der Waals surface area (Å²) in [6.07, 6.45) is 0. The fourth-order valence-electron chi connectivity index (χ4n) is 3.09. The summed E-state index contributed by atoms with van der Waals surface area (Å²) >= 11 is 0. The number of halogens is 2. The zero-order valence-electron chi connectivity index (χ0n) is 17.3. The second-order valence-electron chi connectivity index (χ2n) is 6.58.